The van der Waals surface area contributed by atoms with Crippen LogP contribution in [0, 0.1) is 0 Å². The summed E-state index contributed by atoms with van der Waals surface area (Å²) in [4.78, 5) is 10.9. The number of rotatable bonds is 5. The molecule has 0 aliphatic carbocycles. The maximum Gasteiger partial charge on any atom is 0.310 e. The quantitative estimate of drug-likeness (QED) is 0.910. The zero-order valence-electron chi connectivity index (χ0n) is 11.2. The van der Waals surface area contributed by atoms with Crippen molar-refractivity contribution in [2.45, 2.75) is 19.4 Å². The lowest BCUT2D eigenvalue weighted by Gasteiger charge is -2.09. The topological polar surface area (TPSA) is 46.5 Å². The Morgan fingerprint density at radius 3 is 2.25 bits per heavy atom. The maximum absolute atomic E-state index is 10.9. The van der Waals surface area contributed by atoms with Crippen LogP contribution in [0.2, 0.25) is 0 Å². The molecule has 1 N–H and O–H groups in total. The molecule has 0 aliphatic heterocycles. The van der Waals surface area contributed by atoms with Gasteiger partial charge < -0.3 is 9.84 Å². The average molecular weight is 293 g/mol. The molecule has 0 aromatic heterocycles. The molecule has 2 aromatic carbocycles. The zero-order valence-corrected chi connectivity index (χ0v) is 12.0. The van der Waals surface area contributed by atoms with Crippen LogP contribution in [0.4, 0.5) is 0 Å². The van der Waals surface area contributed by atoms with E-state index in [1.54, 1.807) is 31.2 Å². The minimum absolute atomic E-state index is 0. The van der Waals surface area contributed by atoms with Gasteiger partial charge in [-0.3, -0.25) is 4.79 Å². The predicted octanol–water partition coefficient (Wildman–Crippen LogP) is 3.88. The van der Waals surface area contributed by atoms with E-state index in [9.17, 15) is 4.79 Å². The van der Waals surface area contributed by atoms with Crippen LogP contribution in [0.15, 0.2) is 54.6 Å². The third-order valence-electron chi connectivity index (χ3n) is 3.00. The Balaban J connectivity index is 0.00000200. The Labute approximate surface area is 124 Å². The van der Waals surface area contributed by atoms with Gasteiger partial charge in [-0.15, -0.1) is 12.4 Å². The molecule has 0 spiro atoms. The molecule has 20 heavy (non-hydrogen) atoms. The van der Waals surface area contributed by atoms with E-state index in [4.69, 9.17) is 9.84 Å². The maximum atomic E-state index is 10.9. The fraction of sp³-hybridized carbons (Fsp3) is 0.188. The molecular formula is C16H17ClO3. The number of benzene rings is 2. The summed E-state index contributed by atoms with van der Waals surface area (Å²) in [5.41, 5.74) is 1.88. The number of carbonyl (C=O) groups is 1. The van der Waals surface area contributed by atoms with E-state index in [2.05, 4.69) is 0 Å². The van der Waals surface area contributed by atoms with E-state index >= 15 is 0 Å². The van der Waals surface area contributed by atoms with Gasteiger partial charge in [0.25, 0.3) is 0 Å². The first kappa shape index (κ1) is 16.1. The van der Waals surface area contributed by atoms with Crippen molar-refractivity contribution in [3.8, 4) is 5.75 Å². The molecule has 0 fully saturated rings. The second-order valence-corrected chi connectivity index (χ2v) is 4.40. The first-order chi connectivity index (χ1) is 9.16. The molecule has 0 radical (unpaired) electrons. The van der Waals surface area contributed by atoms with Crippen LogP contribution in [0.5, 0.6) is 5.75 Å². The molecule has 0 bridgehead atoms. The fourth-order valence-corrected chi connectivity index (χ4v) is 1.74. The number of carboxylic acids is 1. The van der Waals surface area contributed by atoms with Gasteiger partial charge in [0.15, 0.2) is 0 Å². The lowest BCUT2D eigenvalue weighted by Crippen LogP contribution is -2.07. The van der Waals surface area contributed by atoms with Gasteiger partial charge in [0.2, 0.25) is 0 Å². The molecule has 106 valence electrons. The number of halogens is 1. The van der Waals surface area contributed by atoms with Crippen molar-refractivity contribution < 1.29 is 14.6 Å². The fourth-order valence-electron chi connectivity index (χ4n) is 1.74. The van der Waals surface area contributed by atoms with Gasteiger partial charge in [0.1, 0.15) is 12.4 Å². The van der Waals surface area contributed by atoms with Crippen LogP contribution in [0.25, 0.3) is 0 Å². The third-order valence-corrected chi connectivity index (χ3v) is 3.00. The van der Waals surface area contributed by atoms with Crippen LogP contribution in [-0.4, -0.2) is 11.1 Å². The average Bonchev–Trinajstić information content (AvgIpc) is 2.46. The standard InChI is InChI=1S/C16H16O3.ClH/c1-12(16(17)18)14-7-9-15(10-8-14)19-11-13-5-3-2-4-6-13;/h2-10,12H,11H2,1H3,(H,17,18);1H. The smallest absolute Gasteiger partial charge is 0.310 e. The molecule has 0 amide bonds. The molecule has 2 aromatic rings. The van der Waals surface area contributed by atoms with Gasteiger partial charge in [0.05, 0.1) is 5.92 Å². The first-order valence-corrected chi connectivity index (χ1v) is 6.16. The SMILES string of the molecule is CC(C(=O)O)c1ccc(OCc2ccccc2)cc1.Cl. The molecule has 4 heteroatoms. The van der Waals surface area contributed by atoms with Crippen molar-refractivity contribution in [3.63, 3.8) is 0 Å². The molecule has 0 saturated carbocycles. The summed E-state index contributed by atoms with van der Waals surface area (Å²) in [5, 5.41) is 8.93. The van der Waals surface area contributed by atoms with Crippen molar-refractivity contribution in [1.29, 1.82) is 0 Å². The summed E-state index contributed by atoms with van der Waals surface area (Å²) in [6.45, 7) is 2.18. The Bertz CT molecular complexity index is 537. The molecule has 3 nitrogen and oxygen atoms in total. The number of aliphatic carboxylic acids is 1. The zero-order chi connectivity index (χ0) is 13.7. The minimum atomic E-state index is -0.821. The van der Waals surface area contributed by atoms with Gasteiger partial charge in [0, 0.05) is 0 Å². The minimum Gasteiger partial charge on any atom is -0.489 e. The van der Waals surface area contributed by atoms with Crippen molar-refractivity contribution in [3.05, 3.63) is 65.7 Å². The van der Waals surface area contributed by atoms with Gasteiger partial charge in [-0.1, -0.05) is 42.5 Å². The van der Waals surface area contributed by atoms with E-state index < -0.39 is 11.9 Å². The second kappa shape index (κ2) is 7.56. The van der Waals surface area contributed by atoms with Crippen LogP contribution < -0.4 is 4.74 Å². The van der Waals surface area contributed by atoms with Crippen LogP contribution in [0.1, 0.15) is 24.0 Å². The highest BCUT2D eigenvalue weighted by Crippen LogP contribution is 2.20. The summed E-state index contributed by atoms with van der Waals surface area (Å²) < 4.78 is 5.64. The monoisotopic (exact) mass is 292 g/mol. The number of hydrogen-bond acceptors (Lipinski definition) is 2. The first-order valence-electron chi connectivity index (χ1n) is 6.16. The van der Waals surface area contributed by atoms with Gasteiger partial charge in [-0.05, 0) is 30.2 Å². The summed E-state index contributed by atoms with van der Waals surface area (Å²) >= 11 is 0. The molecule has 0 heterocycles. The van der Waals surface area contributed by atoms with Crippen LogP contribution in [0.3, 0.4) is 0 Å². The summed E-state index contributed by atoms with van der Waals surface area (Å²) in [7, 11) is 0. The van der Waals surface area contributed by atoms with Crippen molar-refractivity contribution in [2.75, 3.05) is 0 Å². The second-order valence-electron chi connectivity index (χ2n) is 4.40. The highest BCUT2D eigenvalue weighted by Gasteiger charge is 2.12. The van der Waals surface area contributed by atoms with E-state index in [1.165, 1.54) is 0 Å². The Morgan fingerprint density at radius 2 is 1.70 bits per heavy atom. The predicted molar refractivity (Wildman–Crippen MR) is 80.5 cm³/mol. The lowest BCUT2D eigenvalue weighted by atomic mass is 10.0. The molecule has 0 aliphatic rings. The lowest BCUT2D eigenvalue weighted by molar-refractivity contribution is -0.138. The molecule has 0 saturated heterocycles. The van der Waals surface area contributed by atoms with Crippen molar-refractivity contribution >= 4 is 18.4 Å². The van der Waals surface area contributed by atoms with E-state index in [0.29, 0.717) is 6.61 Å². The number of hydrogen-bond donors (Lipinski definition) is 1. The van der Waals surface area contributed by atoms with E-state index in [0.717, 1.165) is 16.9 Å². The summed E-state index contributed by atoms with van der Waals surface area (Å²) in [6.07, 6.45) is 0. The Morgan fingerprint density at radius 1 is 1.10 bits per heavy atom. The van der Waals surface area contributed by atoms with E-state index in [1.807, 2.05) is 30.3 Å². The highest BCUT2D eigenvalue weighted by molar-refractivity contribution is 5.85. The molecule has 1 atom stereocenters. The summed E-state index contributed by atoms with van der Waals surface area (Å²) in [6, 6.07) is 17.1. The van der Waals surface area contributed by atoms with Gasteiger partial charge in [-0.2, -0.15) is 0 Å². The largest absolute Gasteiger partial charge is 0.489 e. The highest BCUT2D eigenvalue weighted by atomic mass is 35.5. The van der Waals surface area contributed by atoms with E-state index in [-0.39, 0.29) is 12.4 Å². The summed E-state index contributed by atoms with van der Waals surface area (Å²) in [5.74, 6) is -0.577. The van der Waals surface area contributed by atoms with Crippen LogP contribution in [-0.2, 0) is 11.4 Å². The normalized spacial score (nSPS) is 11.2. The number of ether oxygens (including phenoxy) is 1. The van der Waals surface area contributed by atoms with Crippen molar-refractivity contribution in [1.82, 2.24) is 0 Å². The van der Waals surface area contributed by atoms with Crippen LogP contribution >= 0.6 is 12.4 Å². The third kappa shape index (κ3) is 4.28. The Kier molecular flexibility index (Phi) is 6.07. The van der Waals surface area contributed by atoms with Gasteiger partial charge >= 0.3 is 5.97 Å². The van der Waals surface area contributed by atoms with Gasteiger partial charge in [-0.25, -0.2) is 0 Å². The molecular weight excluding hydrogens is 276 g/mol. The molecule has 2 rings (SSSR count). The van der Waals surface area contributed by atoms with Crippen molar-refractivity contribution in [2.24, 2.45) is 0 Å². The Hall–Kier alpha value is -2.00. The number of carboxylic acid groups (broad SMARTS) is 1. The molecule has 1 unspecified atom stereocenters.